The Morgan fingerprint density at radius 2 is 1.55 bits per heavy atom. The maximum atomic E-state index is 12.3. The molecule has 3 N–H and O–H groups in total. The Morgan fingerprint density at radius 1 is 0.842 bits per heavy atom. The normalized spacial score (nSPS) is 10.5. The predicted molar refractivity (Wildman–Crippen MR) is 144 cm³/mol. The Labute approximate surface area is 221 Å². The number of ether oxygens (including phenoxy) is 3. The van der Waals surface area contributed by atoms with Crippen molar-refractivity contribution in [2.75, 3.05) is 26.1 Å². The summed E-state index contributed by atoms with van der Waals surface area (Å²) in [5.41, 5.74) is 6.37. The lowest BCUT2D eigenvalue weighted by molar-refractivity contribution is -0.139. The highest BCUT2D eigenvalue weighted by Gasteiger charge is 2.13. The molecule has 0 aliphatic heterocycles. The first-order valence-corrected chi connectivity index (χ1v) is 11.7. The first-order valence-electron chi connectivity index (χ1n) is 11.7. The minimum absolute atomic E-state index is 0.182. The van der Waals surface area contributed by atoms with Gasteiger partial charge in [0.2, 0.25) is 0 Å². The molecular weight excluding hydrogens is 488 g/mol. The maximum Gasteiger partial charge on any atom is 0.329 e. The average Bonchev–Trinajstić information content (AvgIpc) is 2.90. The maximum absolute atomic E-state index is 12.3. The van der Waals surface area contributed by atoms with E-state index in [0.29, 0.717) is 28.5 Å². The summed E-state index contributed by atoms with van der Waals surface area (Å²) >= 11 is 0. The van der Waals surface area contributed by atoms with Crippen LogP contribution < -0.4 is 30.3 Å². The number of carbonyl (C=O) groups excluding carboxylic acids is 3. The summed E-state index contributed by atoms with van der Waals surface area (Å²) in [6, 6.07) is 17.8. The smallest absolute Gasteiger partial charge is 0.329 e. The number of anilines is 1. The number of benzene rings is 3. The van der Waals surface area contributed by atoms with Crippen LogP contribution in [0.2, 0.25) is 0 Å². The van der Waals surface area contributed by atoms with Crippen LogP contribution in [0.15, 0.2) is 65.8 Å². The molecule has 0 saturated heterocycles. The number of amides is 3. The molecule has 3 amide bonds. The van der Waals surface area contributed by atoms with Crippen LogP contribution >= 0.6 is 0 Å². The van der Waals surface area contributed by atoms with Gasteiger partial charge >= 0.3 is 11.8 Å². The van der Waals surface area contributed by atoms with Gasteiger partial charge in [0.1, 0.15) is 5.75 Å². The number of carbonyl (C=O) groups is 3. The van der Waals surface area contributed by atoms with E-state index in [1.807, 2.05) is 32.0 Å². The molecule has 0 radical (unpaired) electrons. The lowest BCUT2D eigenvalue weighted by Crippen LogP contribution is -2.37. The fourth-order valence-electron chi connectivity index (χ4n) is 3.49. The van der Waals surface area contributed by atoms with Gasteiger partial charge < -0.3 is 24.8 Å². The van der Waals surface area contributed by atoms with E-state index in [4.69, 9.17) is 14.2 Å². The van der Waals surface area contributed by atoms with Crippen LogP contribution in [0.3, 0.4) is 0 Å². The van der Waals surface area contributed by atoms with E-state index >= 15 is 0 Å². The van der Waals surface area contributed by atoms with Gasteiger partial charge in [-0.25, -0.2) is 5.43 Å². The third-order valence-corrected chi connectivity index (χ3v) is 5.25. The molecule has 0 aliphatic rings. The molecule has 3 rings (SSSR count). The van der Waals surface area contributed by atoms with Crippen molar-refractivity contribution < 1.29 is 28.6 Å². The van der Waals surface area contributed by atoms with Crippen molar-refractivity contribution in [2.24, 2.45) is 5.10 Å². The molecule has 0 aliphatic carbocycles. The Balaban J connectivity index is 1.48. The average molecular weight is 519 g/mol. The summed E-state index contributed by atoms with van der Waals surface area (Å²) in [5, 5.41) is 9.15. The highest BCUT2D eigenvalue weighted by atomic mass is 16.5. The topological polar surface area (TPSA) is 127 Å². The summed E-state index contributed by atoms with van der Waals surface area (Å²) in [6.45, 7) is 3.89. The Bertz CT molecular complexity index is 1300. The SMILES string of the molecule is COc1ccc(CNC(=O)C(=O)N/N=C\c2ccc(OCC(=O)Nc3cc(C)cc(C)c3)c(OC)c2)cc1. The van der Waals surface area contributed by atoms with E-state index in [2.05, 4.69) is 21.2 Å². The van der Waals surface area contributed by atoms with Crippen molar-refractivity contribution in [1.29, 1.82) is 0 Å². The molecule has 0 spiro atoms. The lowest BCUT2D eigenvalue weighted by Gasteiger charge is -2.12. The minimum Gasteiger partial charge on any atom is -0.497 e. The zero-order valence-electron chi connectivity index (χ0n) is 21.7. The summed E-state index contributed by atoms with van der Waals surface area (Å²) in [4.78, 5) is 36.3. The van der Waals surface area contributed by atoms with Gasteiger partial charge in [0, 0.05) is 12.2 Å². The van der Waals surface area contributed by atoms with Crippen LogP contribution in [-0.2, 0) is 20.9 Å². The molecule has 10 heteroatoms. The van der Waals surface area contributed by atoms with Crippen LogP contribution in [0.5, 0.6) is 17.2 Å². The van der Waals surface area contributed by atoms with Gasteiger partial charge in [0.15, 0.2) is 18.1 Å². The summed E-state index contributed by atoms with van der Waals surface area (Å²) in [7, 11) is 3.03. The largest absolute Gasteiger partial charge is 0.497 e. The third kappa shape index (κ3) is 8.37. The number of nitrogens with one attached hydrogen (secondary N) is 3. The van der Waals surface area contributed by atoms with Crippen LogP contribution in [0.1, 0.15) is 22.3 Å². The standard InChI is InChI=1S/C28H30N4O6/c1-18-11-19(2)13-22(12-18)31-26(33)17-38-24-10-7-21(14-25(24)37-4)16-30-32-28(35)27(34)29-15-20-5-8-23(36-3)9-6-20/h5-14,16H,15,17H2,1-4H3,(H,29,34)(H,31,33)(H,32,35)/b30-16-. The van der Waals surface area contributed by atoms with Crippen LogP contribution in [-0.4, -0.2) is 44.8 Å². The van der Waals surface area contributed by atoms with Gasteiger partial charge in [-0.2, -0.15) is 5.10 Å². The van der Waals surface area contributed by atoms with Gasteiger partial charge in [-0.15, -0.1) is 0 Å². The molecule has 0 atom stereocenters. The second-order valence-electron chi connectivity index (χ2n) is 8.35. The predicted octanol–water partition coefficient (Wildman–Crippen LogP) is 3.10. The van der Waals surface area contributed by atoms with Crippen molar-refractivity contribution in [1.82, 2.24) is 10.7 Å². The van der Waals surface area contributed by atoms with E-state index in [9.17, 15) is 14.4 Å². The van der Waals surface area contributed by atoms with E-state index in [1.54, 1.807) is 49.6 Å². The van der Waals surface area contributed by atoms with Gasteiger partial charge in [0.05, 0.1) is 20.4 Å². The molecule has 3 aromatic carbocycles. The molecule has 0 heterocycles. The van der Waals surface area contributed by atoms with E-state index < -0.39 is 11.8 Å². The monoisotopic (exact) mass is 518 g/mol. The first kappa shape index (κ1) is 27.7. The highest BCUT2D eigenvalue weighted by molar-refractivity contribution is 6.35. The molecular formula is C28H30N4O6. The molecule has 0 fully saturated rings. The van der Waals surface area contributed by atoms with Crippen molar-refractivity contribution in [2.45, 2.75) is 20.4 Å². The number of hydrogen-bond donors (Lipinski definition) is 3. The summed E-state index contributed by atoms with van der Waals surface area (Å²) in [6.07, 6.45) is 1.35. The Kier molecular flexibility index (Phi) is 9.81. The third-order valence-electron chi connectivity index (χ3n) is 5.25. The van der Waals surface area contributed by atoms with Crippen molar-refractivity contribution >= 4 is 29.6 Å². The number of rotatable bonds is 10. The fraction of sp³-hybridized carbons (Fsp3) is 0.214. The van der Waals surface area contributed by atoms with Crippen LogP contribution in [0.25, 0.3) is 0 Å². The molecule has 0 aromatic heterocycles. The van der Waals surface area contributed by atoms with Crippen LogP contribution in [0, 0.1) is 13.8 Å². The highest BCUT2D eigenvalue weighted by Crippen LogP contribution is 2.27. The zero-order chi connectivity index (χ0) is 27.5. The van der Waals surface area contributed by atoms with Gasteiger partial charge in [-0.1, -0.05) is 18.2 Å². The van der Waals surface area contributed by atoms with Gasteiger partial charge in [-0.3, -0.25) is 14.4 Å². The summed E-state index contributed by atoms with van der Waals surface area (Å²) < 4.78 is 16.0. The molecule has 0 unspecified atom stereocenters. The molecule has 10 nitrogen and oxygen atoms in total. The quantitative estimate of drug-likeness (QED) is 0.215. The zero-order valence-corrected chi connectivity index (χ0v) is 21.7. The number of hydrogen-bond acceptors (Lipinski definition) is 7. The van der Waals surface area contributed by atoms with E-state index in [1.165, 1.54) is 13.3 Å². The Morgan fingerprint density at radius 3 is 2.21 bits per heavy atom. The summed E-state index contributed by atoms with van der Waals surface area (Å²) in [5.74, 6) is -0.605. The second-order valence-corrected chi connectivity index (χ2v) is 8.35. The molecule has 0 saturated carbocycles. The van der Waals surface area contributed by atoms with Gasteiger partial charge in [-0.05, 0) is 78.6 Å². The van der Waals surface area contributed by atoms with Crippen molar-refractivity contribution in [3.05, 3.63) is 82.9 Å². The lowest BCUT2D eigenvalue weighted by atomic mass is 10.1. The van der Waals surface area contributed by atoms with Gasteiger partial charge in [0.25, 0.3) is 5.91 Å². The molecule has 0 bridgehead atoms. The molecule has 198 valence electrons. The van der Waals surface area contributed by atoms with Crippen LogP contribution in [0.4, 0.5) is 5.69 Å². The minimum atomic E-state index is -0.906. The fourth-order valence-corrected chi connectivity index (χ4v) is 3.49. The van der Waals surface area contributed by atoms with E-state index in [0.717, 1.165) is 16.7 Å². The Hall–Kier alpha value is -4.86. The first-order chi connectivity index (χ1) is 18.3. The number of nitrogens with zero attached hydrogens (tertiary/aromatic N) is 1. The van der Waals surface area contributed by atoms with Crippen molar-refractivity contribution in [3.63, 3.8) is 0 Å². The molecule has 3 aromatic rings. The number of methoxy groups -OCH3 is 2. The number of aryl methyl sites for hydroxylation is 2. The molecule has 38 heavy (non-hydrogen) atoms. The van der Waals surface area contributed by atoms with Crippen molar-refractivity contribution in [3.8, 4) is 17.2 Å². The second kappa shape index (κ2) is 13.4. The van der Waals surface area contributed by atoms with E-state index in [-0.39, 0.29) is 19.1 Å². The number of hydrazone groups is 1.